The minimum Gasteiger partial charge on any atom is -0.457 e. The molecule has 5 aliphatic rings. The zero-order valence-electron chi connectivity index (χ0n) is 42.8. The number of rotatable bonds is 14. The first-order chi connectivity index (χ1) is 33.8. The van der Waals surface area contributed by atoms with Gasteiger partial charge in [0.2, 0.25) is 0 Å². The molecule has 7 unspecified atom stereocenters. The molecular formula is C58H75ClN8O3. The Kier molecular flexibility index (Phi) is 14.0. The van der Waals surface area contributed by atoms with Gasteiger partial charge >= 0.3 is 0 Å². The van der Waals surface area contributed by atoms with Crippen molar-refractivity contribution in [3.63, 3.8) is 0 Å². The molecule has 12 heteroatoms. The number of imidazole rings is 1. The SMILES string of the molecule is CCC12C(=O)C34C5C[C@H](Cc6ccc(Cl)cc6)N(C)C3[C@@H](COC)NC4[C@H](C)N(Cc3ccccc3Oc3ccc(-c4cnc(CN(C)C)n4C)cc3)C1C[C@@H](Cc1ccccc1)C2N(C)[C@@H](C)CN5. The number of Topliss-reactive ketones (excluding diaryl/α,β-unsaturated/α-hetero) is 1. The first-order valence-electron chi connectivity index (χ1n) is 25.8. The number of halogens is 1. The molecule has 11 nitrogen and oxygen atoms in total. The third-order valence-electron chi connectivity index (χ3n) is 17.9. The molecule has 4 saturated heterocycles. The van der Waals surface area contributed by atoms with Gasteiger partial charge in [-0.1, -0.05) is 79.2 Å². The predicted molar refractivity (Wildman–Crippen MR) is 280 cm³/mol. The molecule has 10 rings (SSSR count). The number of ketones is 1. The van der Waals surface area contributed by atoms with Crippen molar-refractivity contribution >= 4 is 17.4 Å². The first-order valence-corrected chi connectivity index (χ1v) is 26.2. The first kappa shape index (κ1) is 49.2. The maximum atomic E-state index is 17.4. The Balaban J connectivity index is 1.08. The van der Waals surface area contributed by atoms with Gasteiger partial charge in [0.05, 0.1) is 35.9 Å². The zero-order valence-corrected chi connectivity index (χ0v) is 43.6. The number of hydrogen-bond donors (Lipinski definition) is 2. The number of benzene rings is 4. The molecule has 0 radical (unpaired) electrons. The van der Waals surface area contributed by atoms with E-state index in [9.17, 15) is 0 Å². The molecule has 5 aromatic rings. The summed E-state index contributed by atoms with van der Waals surface area (Å²) >= 11 is 6.42. The van der Waals surface area contributed by atoms with Crippen molar-refractivity contribution in [1.82, 2.24) is 39.8 Å². The van der Waals surface area contributed by atoms with Crippen LogP contribution >= 0.6 is 11.6 Å². The average Bonchev–Trinajstić information content (AvgIpc) is 4.00. The molecule has 12 atom stereocenters. The summed E-state index contributed by atoms with van der Waals surface area (Å²) in [6, 6.07) is 36.3. The fraction of sp³-hybridized carbons (Fsp3) is 0.517. The molecule has 2 bridgehead atoms. The van der Waals surface area contributed by atoms with Gasteiger partial charge in [-0.3, -0.25) is 19.5 Å². The number of likely N-dealkylation sites (tertiary alicyclic amines) is 2. The van der Waals surface area contributed by atoms with Crippen LogP contribution in [0.2, 0.25) is 5.02 Å². The highest BCUT2D eigenvalue weighted by Gasteiger charge is 2.77. The van der Waals surface area contributed by atoms with E-state index in [1.807, 2.05) is 25.4 Å². The number of nitrogens with zero attached hydrogens (tertiary/aromatic N) is 6. The maximum absolute atomic E-state index is 17.4. The Morgan fingerprint density at radius 1 is 0.857 bits per heavy atom. The molecule has 70 heavy (non-hydrogen) atoms. The van der Waals surface area contributed by atoms with E-state index in [0.717, 1.165) is 84.4 Å². The number of para-hydroxylation sites is 1. The third kappa shape index (κ3) is 8.36. The second-order valence-corrected chi connectivity index (χ2v) is 22.3. The van der Waals surface area contributed by atoms with Crippen LogP contribution in [-0.2, 0) is 42.5 Å². The highest BCUT2D eigenvalue weighted by Crippen LogP contribution is 2.62. The minimum atomic E-state index is -0.749. The van der Waals surface area contributed by atoms with E-state index in [1.165, 1.54) is 11.1 Å². The van der Waals surface area contributed by atoms with Gasteiger partial charge in [0, 0.05) is 97.8 Å². The number of likely N-dealkylation sites (N-methyl/N-ethyl adjacent to an activating group) is 2. The molecule has 4 aromatic carbocycles. The zero-order chi connectivity index (χ0) is 49.1. The molecular weight excluding hydrogens is 892 g/mol. The Labute approximate surface area is 421 Å². The lowest BCUT2D eigenvalue weighted by atomic mass is 9.54. The fourth-order valence-electron chi connectivity index (χ4n) is 14.7. The number of ether oxygens (including phenoxy) is 2. The Bertz CT molecular complexity index is 2610. The second-order valence-electron chi connectivity index (χ2n) is 21.8. The Morgan fingerprint density at radius 3 is 2.29 bits per heavy atom. The third-order valence-corrected chi connectivity index (χ3v) is 18.1. The van der Waals surface area contributed by atoms with E-state index in [2.05, 4.69) is 182 Å². The van der Waals surface area contributed by atoms with Crippen molar-refractivity contribution < 1.29 is 14.3 Å². The van der Waals surface area contributed by atoms with Crippen LogP contribution in [0.4, 0.5) is 0 Å². The second kappa shape index (κ2) is 19.9. The van der Waals surface area contributed by atoms with Crippen LogP contribution in [0.3, 0.4) is 0 Å². The van der Waals surface area contributed by atoms with Gasteiger partial charge in [0.25, 0.3) is 0 Å². The molecule has 372 valence electrons. The number of piperidine rings is 1. The Hall–Kier alpha value is -4.43. The molecule has 4 aliphatic heterocycles. The van der Waals surface area contributed by atoms with Crippen LogP contribution in [0, 0.1) is 16.7 Å². The number of methoxy groups -OCH3 is 1. The van der Waals surface area contributed by atoms with E-state index >= 15 is 4.79 Å². The number of aromatic nitrogens is 2. The summed E-state index contributed by atoms with van der Waals surface area (Å²) in [6.45, 7) is 9.87. The summed E-state index contributed by atoms with van der Waals surface area (Å²) in [6.07, 6.45) is 6.30. The van der Waals surface area contributed by atoms with E-state index in [0.29, 0.717) is 18.9 Å². The topological polar surface area (TPSA) is 90.4 Å². The largest absolute Gasteiger partial charge is 0.457 e. The summed E-state index contributed by atoms with van der Waals surface area (Å²) in [7, 11) is 12.6. The van der Waals surface area contributed by atoms with Crippen LogP contribution < -0.4 is 15.4 Å². The van der Waals surface area contributed by atoms with Gasteiger partial charge in [-0.25, -0.2) is 4.98 Å². The monoisotopic (exact) mass is 967 g/mol. The average molecular weight is 968 g/mol. The van der Waals surface area contributed by atoms with Crippen molar-refractivity contribution in [2.45, 2.75) is 120 Å². The van der Waals surface area contributed by atoms with Gasteiger partial charge in [0.15, 0.2) is 5.78 Å². The van der Waals surface area contributed by atoms with Crippen LogP contribution in [0.1, 0.15) is 62.5 Å². The smallest absolute Gasteiger partial charge is 0.153 e. The molecule has 1 saturated carbocycles. The van der Waals surface area contributed by atoms with E-state index < -0.39 is 10.8 Å². The quantitative estimate of drug-likeness (QED) is 0.113. The highest BCUT2D eigenvalue weighted by molar-refractivity contribution is 6.30. The summed E-state index contributed by atoms with van der Waals surface area (Å²) in [5, 5.41) is 9.24. The van der Waals surface area contributed by atoms with Crippen molar-refractivity contribution in [1.29, 1.82) is 0 Å². The summed E-state index contributed by atoms with van der Waals surface area (Å²) in [4.78, 5) is 32.3. The van der Waals surface area contributed by atoms with Crippen molar-refractivity contribution in [2.75, 3.05) is 48.5 Å². The molecule has 1 spiro atoms. The number of carbonyl (C=O) groups excluding carboxylic acids is 1. The van der Waals surface area contributed by atoms with Gasteiger partial charge in [-0.2, -0.15) is 0 Å². The lowest BCUT2D eigenvalue weighted by Gasteiger charge is -2.57. The van der Waals surface area contributed by atoms with Gasteiger partial charge in [-0.05, 0) is 134 Å². The molecule has 2 N–H and O–H groups in total. The Morgan fingerprint density at radius 2 is 1.57 bits per heavy atom. The van der Waals surface area contributed by atoms with Crippen molar-refractivity contribution in [3.05, 3.63) is 137 Å². The van der Waals surface area contributed by atoms with E-state index in [1.54, 1.807) is 0 Å². The number of nitrogens with one attached hydrogen (secondary N) is 2. The van der Waals surface area contributed by atoms with E-state index in [4.69, 9.17) is 26.1 Å². The fourth-order valence-corrected chi connectivity index (χ4v) is 14.8. The van der Waals surface area contributed by atoms with Gasteiger partial charge in [-0.15, -0.1) is 0 Å². The number of hydrogen-bond acceptors (Lipinski definition) is 10. The van der Waals surface area contributed by atoms with Gasteiger partial charge < -0.3 is 29.6 Å². The molecule has 1 aliphatic carbocycles. The van der Waals surface area contributed by atoms with Crippen LogP contribution in [-0.4, -0.2) is 138 Å². The predicted octanol–water partition coefficient (Wildman–Crippen LogP) is 8.34. The number of carbonyl (C=O) groups is 1. The highest BCUT2D eigenvalue weighted by atomic mass is 35.5. The minimum absolute atomic E-state index is 0.0147. The standard InChI is InChI=1S/C58H75ClN8O3/c1-10-57-51-30-43(28-39-16-12-11-13-17-39)54(57)64(6)37(2)32-60-50-31-45(29-40-20-24-44(59)25-21-40)65(7)55-47(36-69-9)62-53(58(50,55)56(57)68)38(3)67(51)34-42-18-14-15-19-49(42)70-46-26-22-41(23-27-46)48-33-61-52(66(48)8)35-63(4)5/h11-27,33,37-38,43,45,47,50-51,53-55,60,62H,10,28-32,34-36H2,1-9H3/t37-,38-,43+,45-,47+,50?,51?,53?,54?,55?,57?,58?/m0/s1. The van der Waals surface area contributed by atoms with Crippen molar-refractivity contribution in [2.24, 2.45) is 23.8 Å². The maximum Gasteiger partial charge on any atom is 0.153 e. The normalized spacial score (nSPS) is 32.4. The summed E-state index contributed by atoms with van der Waals surface area (Å²) in [5.74, 6) is 3.35. The lowest BCUT2D eigenvalue weighted by Crippen LogP contribution is -2.73. The lowest BCUT2D eigenvalue weighted by molar-refractivity contribution is -0.154. The van der Waals surface area contributed by atoms with Crippen molar-refractivity contribution in [3.8, 4) is 22.8 Å². The van der Waals surface area contributed by atoms with Crippen LogP contribution in [0.25, 0.3) is 11.3 Å². The summed E-state index contributed by atoms with van der Waals surface area (Å²) in [5.41, 5.74) is 4.44. The van der Waals surface area contributed by atoms with Gasteiger partial charge in [0.1, 0.15) is 17.3 Å². The van der Waals surface area contributed by atoms with E-state index in [-0.39, 0.29) is 60.3 Å². The molecule has 5 fully saturated rings. The summed E-state index contributed by atoms with van der Waals surface area (Å²) < 4.78 is 15.2. The molecule has 0 amide bonds. The van der Waals surface area contributed by atoms with Crippen LogP contribution in [0.15, 0.2) is 109 Å². The molecule has 1 aromatic heterocycles. The van der Waals surface area contributed by atoms with Crippen LogP contribution in [0.5, 0.6) is 11.5 Å². The molecule has 5 heterocycles.